The normalized spacial score (nSPS) is 26.1. The molecule has 4 aliphatic rings. The lowest BCUT2D eigenvalue weighted by atomic mass is 9.53. The second-order valence-corrected chi connectivity index (χ2v) is 24.1. The summed E-state index contributed by atoms with van der Waals surface area (Å²) in [5, 5.41) is 28.5. The maximum Gasteiger partial charge on any atom is 0.350 e. The molecule has 3 N–H and O–H groups in total. The minimum Gasteiger partial charge on any atom is -0.461 e. The van der Waals surface area contributed by atoms with Crippen molar-refractivity contribution in [3.8, 4) is 12.3 Å². The lowest BCUT2D eigenvalue weighted by molar-refractivity contribution is -0.320. The number of carbonyl (C=O) groups excluding carboxylic acids is 11. The number of aliphatic hydroxyl groups excluding tert-OH is 1. The number of benzene rings is 3. The van der Waals surface area contributed by atoms with E-state index in [0.29, 0.717) is 6.42 Å². The second-order valence-electron chi connectivity index (χ2n) is 24.1. The maximum absolute atomic E-state index is 15.6. The SMILES string of the molecule is C#CCCCO[C@@H]1OC(COC(=O)COCC(=O)O[C@@H](C(=O)O[C@H]2C[C@@](O)([C@@H](OC(=O)c3ccccc3)[C@H]3C[C@@H](O)C[C@H]4OC[C@@]34OC(C)=O)C(C)(C)C([C@@H](OC(C)=O)C(=O)CC)=C2C)C(NC(=O)c2ccccc2)c2ccccc2)[C@@H](OC(C)=O)C(OC(C)=O)C1OC(C)=O. The van der Waals surface area contributed by atoms with Crippen molar-refractivity contribution in [3.63, 3.8) is 0 Å². The van der Waals surface area contributed by atoms with Crippen LogP contribution < -0.4 is 5.32 Å². The number of carbonyl (C=O) groups is 11. The monoisotopic (exact) mass is 1340 g/mol. The van der Waals surface area contributed by atoms with Gasteiger partial charge >= 0.3 is 53.7 Å². The zero-order chi connectivity index (χ0) is 70.2. The van der Waals surface area contributed by atoms with Crippen molar-refractivity contribution in [2.24, 2.45) is 11.3 Å². The fourth-order valence-corrected chi connectivity index (χ4v) is 12.6. The number of esters is 9. The number of terminal acetylenes is 1. The molecule has 0 aromatic heterocycles. The Morgan fingerprint density at radius 2 is 1.31 bits per heavy atom. The second kappa shape index (κ2) is 33.2. The molecule has 0 radical (unpaired) electrons. The van der Waals surface area contributed by atoms with Gasteiger partial charge in [-0.3, -0.25) is 33.6 Å². The first-order chi connectivity index (χ1) is 45.5. The molecule has 1 saturated carbocycles. The molecule has 2 saturated heterocycles. The lowest BCUT2D eigenvalue weighted by Gasteiger charge is -2.61. The minimum absolute atomic E-state index is 0.00589. The molecule has 2 aliphatic carbocycles. The van der Waals surface area contributed by atoms with Crippen LogP contribution in [-0.4, -0.2) is 187 Å². The fourth-order valence-electron chi connectivity index (χ4n) is 12.6. The Bertz CT molecular complexity index is 3380. The Labute approximate surface area is 554 Å². The summed E-state index contributed by atoms with van der Waals surface area (Å²) in [5.74, 6) is -9.55. The third-order valence-electron chi connectivity index (χ3n) is 17.1. The molecular weight excluding hydrogens is 1260 g/mol. The summed E-state index contributed by atoms with van der Waals surface area (Å²) in [6, 6.07) is 21.5. The van der Waals surface area contributed by atoms with Crippen LogP contribution in [0.2, 0.25) is 0 Å². The van der Waals surface area contributed by atoms with E-state index in [-0.39, 0.29) is 66.7 Å². The van der Waals surface area contributed by atoms with Gasteiger partial charge in [0.15, 0.2) is 42.1 Å². The van der Waals surface area contributed by atoms with E-state index in [1.807, 2.05) is 0 Å². The van der Waals surface area contributed by atoms with E-state index < -0.39 is 188 Å². The Morgan fingerprint density at radius 3 is 1.89 bits per heavy atom. The van der Waals surface area contributed by atoms with E-state index in [4.69, 9.17) is 68.0 Å². The van der Waals surface area contributed by atoms with Gasteiger partial charge in [0.25, 0.3) is 5.91 Å². The van der Waals surface area contributed by atoms with Gasteiger partial charge in [0, 0.05) is 77.2 Å². The molecule has 3 fully saturated rings. The number of aliphatic hydroxyl groups is 2. The summed E-state index contributed by atoms with van der Waals surface area (Å²) in [6.45, 7) is 8.12. The molecule has 27 heteroatoms. The molecule has 3 aromatic rings. The van der Waals surface area contributed by atoms with Gasteiger partial charge < -0.3 is 77.1 Å². The molecular formula is C69H81NO26. The van der Waals surface area contributed by atoms with Crippen LogP contribution in [0.25, 0.3) is 0 Å². The summed E-state index contributed by atoms with van der Waals surface area (Å²) in [5.41, 5.74) is -5.94. The van der Waals surface area contributed by atoms with Gasteiger partial charge in [0.05, 0.1) is 24.9 Å². The van der Waals surface area contributed by atoms with Crippen molar-refractivity contribution in [1.82, 2.24) is 5.32 Å². The largest absolute Gasteiger partial charge is 0.461 e. The highest BCUT2D eigenvalue weighted by Gasteiger charge is 2.70. The number of ether oxygens (including phenoxy) is 13. The lowest BCUT2D eigenvalue weighted by Crippen LogP contribution is -2.75. The number of rotatable bonds is 29. The van der Waals surface area contributed by atoms with Crippen molar-refractivity contribution < 1.29 is 125 Å². The van der Waals surface area contributed by atoms with Gasteiger partial charge in [-0.2, -0.15) is 0 Å². The molecule has 7 rings (SSSR count). The van der Waals surface area contributed by atoms with Crippen molar-refractivity contribution in [1.29, 1.82) is 0 Å². The Kier molecular flexibility index (Phi) is 25.7. The molecule has 0 spiro atoms. The number of Topliss-reactive ketones (excluding diaryl/α,β-unsaturated/α-hetero) is 1. The fraction of sp³-hybridized carbons (Fsp3) is 0.522. The van der Waals surface area contributed by atoms with Crippen molar-refractivity contribution in [2.45, 2.75) is 185 Å². The topological polar surface area (TPSA) is 360 Å². The van der Waals surface area contributed by atoms with E-state index in [2.05, 4.69) is 11.2 Å². The highest BCUT2D eigenvalue weighted by atomic mass is 16.7. The van der Waals surface area contributed by atoms with Gasteiger partial charge in [-0.1, -0.05) is 87.5 Å². The summed E-state index contributed by atoms with van der Waals surface area (Å²) < 4.78 is 75.8. The van der Waals surface area contributed by atoms with Crippen LogP contribution >= 0.6 is 0 Å². The summed E-state index contributed by atoms with van der Waals surface area (Å²) in [7, 11) is 0. The van der Waals surface area contributed by atoms with Gasteiger partial charge in [0.2, 0.25) is 6.10 Å². The average molecular weight is 1340 g/mol. The number of hydrogen-bond donors (Lipinski definition) is 3. The van der Waals surface area contributed by atoms with E-state index in [9.17, 15) is 58.2 Å². The van der Waals surface area contributed by atoms with Crippen LogP contribution in [-0.2, 0) is 105 Å². The molecule has 1 amide bonds. The number of hydrogen-bond acceptors (Lipinski definition) is 26. The highest BCUT2D eigenvalue weighted by molar-refractivity contribution is 5.95. The smallest absolute Gasteiger partial charge is 0.350 e. The summed E-state index contributed by atoms with van der Waals surface area (Å²) in [6.07, 6.45) is -12.7. The highest BCUT2D eigenvalue weighted by Crippen LogP contribution is 2.58. The van der Waals surface area contributed by atoms with Gasteiger partial charge in [-0.15, -0.1) is 12.3 Å². The predicted molar refractivity (Wildman–Crippen MR) is 329 cm³/mol. The summed E-state index contributed by atoms with van der Waals surface area (Å²) in [4.78, 5) is 150. The third kappa shape index (κ3) is 17.9. The molecule has 2 heterocycles. The van der Waals surface area contributed by atoms with Crippen LogP contribution in [0.3, 0.4) is 0 Å². The predicted octanol–water partition coefficient (Wildman–Crippen LogP) is 4.58. The van der Waals surface area contributed by atoms with Crippen LogP contribution in [0.5, 0.6) is 0 Å². The number of amides is 1. The quantitative estimate of drug-likeness (QED) is 0.0281. The van der Waals surface area contributed by atoms with Gasteiger partial charge in [-0.05, 0) is 60.7 Å². The van der Waals surface area contributed by atoms with Crippen LogP contribution in [0, 0.1) is 23.7 Å². The molecule has 4 unspecified atom stereocenters. The summed E-state index contributed by atoms with van der Waals surface area (Å²) >= 11 is 0. The number of fused-ring (bicyclic) bond motifs is 1. The molecule has 0 bridgehead atoms. The van der Waals surface area contributed by atoms with Crippen molar-refractivity contribution in [3.05, 3.63) is 119 Å². The maximum atomic E-state index is 15.6. The zero-order valence-electron chi connectivity index (χ0n) is 54.7. The zero-order valence-corrected chi connectivity index (χ0v) is 54.7. The van der Waals surface area contributed by atoms with E-state index in [1.165, 1.54) is 64.1 Å². The van der Waals surface area contributed by atoms with E-state index >= 15 is 4.79 Å². The van der Waals surface area contributed by atoms with Crippen LogP contribution in [0.1, 0.15) is 133 Å². The Hall–Kier alpha value is -8.91. The van der Waals surface area contributed by atoms with Crippen molar-refractivity contribution in [2.75, 3.05) is 33.0 Å². The Balaban J connectivity index is 1.25. The first-order valence-electron chi connectivity index (χ1n) is 31.2. The molecule has 96 heavy (non-hydrogen) atoms. The van der Waals surface area contributed by atoms with E-state index in [0.717, 1.165) is 34.6 Å². The molecule has 518 valence electrons. The van der Waals surface area contributed by atoms with E-state index in [1.54, 1.807) is 54.6 Å². The molecule has 2 aliphatic heterocycles. The number of nitrogens with one attached hydrogen (secondary N) is 1. The van der Waals surface area contributed by atoms with Crippen LogP contribution in [0.15, 0.2) is 102 Å². The average Bonchev–Trinajstić information content (AvgIpc) is 0.699. The minimum atomic E-state index is -2.60. The van der Waals surface area contributed by atoms with Gasteiger partial charge in [0.1, 0.15) is 55.9 Å². The van der Waals surface area contributed by atoms with Crippen molar-refractivity contribution >= 4 is 65.4 Å². The van der Waals surface area contributed by atoms with Crippen LogP contribution in [0.4, 0.5) is 0 Å². The first-order valence-corrected chi connectivity index (χ1v) is 31.2. The van der Waals surface area contributed by atoms with Gasteiger partial charge in [-0.25, -0.2) is 19.2 Å². The standard InChI is InChI=1S/C69H81NO26/c1-11-13-23-30-85-66-61(91-42(7)74)60(90-41(6)73)58(89-40(5)72)51(93-66)34-86-53(78)35-84-36-54(79)94-59(56(44-24-17-14-18-25-44)70-63(80)45-26-19-15-20-27-45)65(82)92-50-33-69(83,67(9,10)55(38(50)3)57(49(77)12-2)88-39(4)71)62(95-64(81)46-28-21-16-22-29-46)48-31-47(76)32-52-68(48,37-87-52)96-43(8)75/h1,14-22,24-29,47-48,50-52,56-62,66,76,83H,12-13,23,30-37H2,2-10H3,(H,70,80)/t47-,48-,50+,51?,52-,56?,57+,58-,59-,60?,61?,62+,66-,68-,69-/m1/s1. The molecule has 15 atom stereocenters. The third-order valence-corrected chi connectivity index (χ3v) is 17.1. The molecule has 3 aromatic carbocycles. The first kappa shape index (κ1) is 74.5. The number of unbranched alkanes of at least 4 members (excludes halogenated alkanes) is 1. The molecule has 27 nitrogen and oxygen atoms in total. The number of ketones is 1. The Morgan fingerprint density at radius 1 is 0.719 bits per heavy atom.